The molecule has 0 aromatic carbocycles. The fraction of sp³-hybridized carbons (Fsp3) is 0.615. The van der Waals surface area contributed by atoms with Gasteiger partial charge in [-0.25, -0.2) is 0 Å². The minimum Gasteiger partial charge on any atom is -0.368 e. The van der Waals surface area contributed by atoms with Gasteiger partial charge in [0.1, 0.15) is 11.1 Å². The fourth-order valence-electron chi connectivity index (χ4n) is 1.19. The van der Waals surface area contributed by atoms with Crippen molar-refractivity contribution in [1.82, 2.24) is 10.2 Å². The lowest BCUT2D eigenvalue weighted by atomic mass is 9.98. The molecule has 1 N–H and O–H groups in total. The van der Waals surface area contributed by atoms with Crippen LogP contribution in [0.2, 0.25) is 0 Å². The van der Waals surface area contributed by atoms with Gasteiger partial charge < -0.3 is 4.74 Å². The van der Waals surface area contributed by atoms with Gasteiger partial charge >= 0.3 is 0 Å². The van der Waals surface area contributed by atoms with E-state index in [2.05, 4.69) is 42.9 Å². The Balaban J connectivity index is 2.52. The first kappa shape index (κ1) is 15.8. The van der Waals surface area contributed by atoms with Crippen molar-refractivity contribution >= 4 is 22.4 Å². The maximum absolute atomic E-state index is 11.8. The Hall–Kier alpha value is -1.27. The summed E-state index contributed by atoms with van der Waals surface area (Å²) >= 11 is 1.39. The molecule has 1 heterocycles. The lowest BCUT2D eigenvalue weighted by molar-refractivity contribution is -0.126. The van der Waals surface area contributed by atoms with Crippen LogP contribution in [0, 0.1) is 0 Å². The van der Waals surface area contributed by atoms with E-state index in [1.807, 2.05) is 0 Å². The van der Waals surface area contributed by atoms with Crippen molar-refractivity contribution in [3.05, 3.63) is 17.7 Å². The average molecular weight is 283 g/mol. The molecule has 1 aromatic heterocycles. The van der Waals surface area contributed by atoms with Crippen molar-refractivity contribution in [1.29, 1.82) is 0 Å². The first-order valence-electron chi connectivity index (χ1n) is 6.22. The minimum atomic E-state index is -0.512. The smallest absolute Gasteiger partial charge is 0.255 e. The molecule has 5 nitrogen and oxygen atoms in total. The molecule has 0 bridgehead atoms. The Morgan fingerprint density at radius 3 is 2.74 bits per heavy atom. The molecule has 6 heteroatoms. The van der Waals surface area contributed by atoms with Crippen molar-refractivity contribution in [2.24, 2.45) is 0 Å². The van der Waals surface area contributed by atoms with E-state index in [0.29, 0.717) is 11.7 Å². The predicted molar refractivity (Wildman–Crippen MR) is 77.5 cm³/mol. The molecule has 0 saturated heterocycles. The first-order valence-corrected chi connectivity index (χ1v) is 7.03. The largest absolute Gasteiger partial charge is 0.368 e. The van der Waals surface area contributed by atoms with E-state index in [4.69, 9.17) is 4.74 Å². The summed E-state index contributed by atoms with van der Waals surface area (Å²) in [7, 11) is 0. The van der Waals surface area contributed by atoms with E-state index in [-0.39, 0.29) is 11.3 Å². The molecule has 1 atom stereocenters. The van der Waals surface area contributed by atoms with Gasteiger partial charge in [-0.15, -0.1) is 16.8 Å². The number of aromatic nitrogens is 2. The maximum atomic E-state index is 11.8. The normalized spacial score (nSPS) is 13.1. The molecule has 1 unspecified atom stereocenters. The Morgan fingerprint density at radius 1 is 1.53 bits per heavy atom. The third kappa shape index (κ3) is 5.08. The fourth-order valence-corrected chi connectivity index (χ4v) is 1.99. The van der Waals surface area contributed by atoms with Crippen molar-refractivity contribution in [2.45, 2.75) is 45.6 Å². The van der Waals surface area contributed by atoms with Crippen LogP contribution >= 0.6 is 11.3 Å². The highest BCUT2D eigenvalue weighted by Gasteiger charge is 2.21. The van der Waals surface area contributed by atoms with Crippen LogP contribution in [0.4, 0.5) is 5.13 Å². The lowest BCUT2D eigenvalue weighted by Crippen LogP contribution is -2.27. The minimum absolute atomic E-state index is 0.0628. The third-order valence-corrected chi connectivity index (χ3v) is 3.62. The molecule has 0 saturated carbocycles. The zero-order valence-electron chi connectivity index (χ0n) is 11.9. The number of nitrogens with zero attached hydrogens (tertiary/aromatic N) is 2. The molecule has 19 heavy (non-hydrogen) atoms. The topological polar surface area (TPSA) is 64.1 Å². The summed E-state index contributed by atoms with van der Waals surface area (Å²) in [6.07, 6.45) is 1.97. The number of rotatable bonds is 6. The second-order valence-electron chi connectivity index (χ2n) is 5.24. The standard InChI is InChI=1S/C13H21N3O2S/c1-6-7-8-18-9(2)10(17)14-12-16-15-11(19-12)13(3,4)5/h6,9H,1,7-8H2,2-5H3,(H,14,16,17). The number of hydrogen-bond acceptors (Lipinski definition) is 5. The molecular weight excluding hydrogens is 262 g/mol. The summed E-state index contributed by atoms with van der Waals surface area (Å²) in [6.45, 7) is 12.0. The van der Waals surface area contributed by atoms with Gasteiger partial charge in [-0.1, -0.05) is 38.2 Å². The van der Waals surface area contributed by atoms with Crippen LogP contribution in [0.15, 0.2) is 12.7 Å². The summed E-state index contributed by atoms with van der Waals surface area (Å²) in [4.78, 5) is 11.8. The Bertz CT molecular complexity index is 437. The van der Waals surface area contributed by atoms with Crippen LogP contribution in [0.3, 0.4) is 0 Å². The second kappa shape index (κ2) is 6.77. The van der Waals surface area contributed by atoms with E-state index >= 15 is 0 Å². The molecule has 0 aliphatic heterocycles. The highest BCUT2D eigenvalue weighted by atomic mass is 32.1. The number of ether oxygens (including phenoxy) is 1. The van der Waals surface area contributed by atoms with Crippen molar-refractivity contribution in [3.63, 3.8) is 0 Å². The van der Waals surface area contributed by atoms with Crippen LogP contribution in [0.25, 0.3) is 0 Å². The van der Waals surface area contributed by atoms with E-state index < -0.39 is 6.10 Å². The van der Waals surface area contributed by atoms with Crippen LogP contribution < -0.4 is 5.32 Å². The predicted octanol–water partition coefficient (Wildman–Crippen LogP) is 2.76. The van der Waals surface area contributed by atoms with Crippen LogP contribution in [0.5, 0.6) is 0 Å². The van der Waals surface area contributed by atoms with Crippen LogP contribution in [-0.2, 0) is 14.9 Å². The molecule has 0 aliphatic carbocycles. The third-order valence-electron chi connectivity index (χ3n) is 2.36. The van der Waals surface area contributed by atoms with Gasteiger partial charge in [-0.3, -0.25) is 10.1 Å². The Labute approximate surface area is 118 Å². The average Bonchev–Trinajstić information content (AvgIpc) is 2.77. The van der Waals surface area contributed by atoms with E-state index in [1.165, 1.54) is 11.3 Å². The molecule has 0 fully saturated rings. The second-order valence-corrected chi connectivity index (χ2v) is 6.22. The molecule has 1 aromatic rings. The van der Waals surface area contributed by atoms with Gasteiger partial charge in [0, 0.05) is 5.41 Å². The summed E-state index contributed by atoms with van der Waals surface area (Å²) in [5.41, 5.74) is -0.0628. The number of hydrogen-bond donors (Lipinski definition) is 1. The summed E-state index contributed by atoms with van der Waals surface area (Å²) in [5, 5.41) is 12.2. The Kier molecular flexibility index (Phi) is 5.62. The molecular formula is C13H21N3O2S. The van der Waals surface area contributed by atoms with Gasteiger partial charge in [0.15, 0.2) is 0 Å². The molecule has 0 spiro atoms. The highest BCUT2D eigenvalue weighted by molar-refractivity contribution is 7.15. The van der Waals surface area contributed by atoms with E-state index in [0.717, 1.165) is 11.4 Å². The van der Waals surface area contributed by atoms with Gasteiger partial charge in [-0.05, 0) is 13.3 Å². The van der Waals surface area contributed by atoms with Crippen molar-refractivity contribution < 1.29 is 9.53 Å². The van der Waals surface area contributed by atoms with Gasteiger partial charge in [0.05, 0.1) is 6.61 Å². The first-order chi connectivity index (χ1) is 8.84. The molecule has 1 amide bonds. The number of carbonyl (C=O) groups is 1. The highest BCUT2D eigenvalue weighted by Crippen LogP contribution is 2.27. The van der Waals surface area contributed by atoms with Crippen molar-refractivity contribution in [3.8, 4) is 0 Å². The molecule has 1 rings (SSSR count). The Morgan fingerprint density at radius 2 is 2.21 bits per heavy atom. The maximum Gasteiger partial charge on any atom is 0.255 e. The van der Waals surface area contributed by atoms with E-state index in [9.17, 15) is 4.79 Å². The van der Waals surface area contributed by atoms with Gasteiger partial charge in [-0.2, -0.15) is 0 Å². The zero-order valence-corrected chi connectivity index (χ0v) is 12.7. The van der Waals surface area contributed by atoms with Gasteiger partial charge in [0.2, 0.25) is 5.13 Å². The molecule has 0 radical (unpaired) electrons. The van der Waals surface area contributed by atoms with Crippen LogP contribution in [-0.4, -0.2) is 28.8 Å². The number of anilines is 1. The number of nitrogens with one attached hydrogen (secondary N) is 1. The van der Waals surface area contributed by atoms with E-state index in [1.54, 1.807) is 13.0 Å². The van der Waals surface area contributed by atoms with Gasteiger partial charge in [0.25, 0.3) is 5.91 Å². The SMILES string of the molecule is C=CCCOC(C)C(=O)Nc1nnc(C(C)(C)C)s1. The number of carbonyl (C=O) groups excluding carboxylic acids is 1. The lowest BCUT2D eigenvalue weighted by Gasteiger charge is -2.12. The quantitative estimate of drug-likeness (QED) is 0.644. The van der Waals surface area contributed by atoms with Crippen LogP contribution in [0.1, 0.15) is 39.1 Å². The summed E-state index contributed by atoms with van der Waals surface area (Å²) in [6, 6.07) is 0. The summed E-state index contributed by atoms with van der Waals surface area (Å²) in [5.74, 6) is -0.208. The number of amides is 1. The zero-order chi connectivity index (χ0) is 14.5. The monoisotopic (exact) mass is 283 g/mol. The summed E-state index contributed by atoms with van der Waals surface area (Å²) < 4.78 is 5.36. The molecule has 0 aliphatic rings. The molecule has 106 valence electrons. The van der Waals surface area contributed by atoms with Crippen molar-refractivity contribution in [2.75, 3.05) is 11.9 Å².